The van der Waals surface area contributed by atoms with Crippen molar-refractivity contribution in [3.8, 4) is 11.1 Å². The largest absolute Gasteiger partial charge is 0.311 e. The molecule has 1 aromatic heterocycles. The van der Waals surface area contributed by atoms with Crippen molar-refractivity contribution < 1.29 is 5.48 Å². The van der Waals surface area contributed by atoms with Crippen molar-refractivity contribution in [2.75, 3.05) is 14.7 Å². The predicted molar refractivity (Wildman–Crippen MR) is 261 cm³/mol. The monoisotopic (exact) mass is 805 g/mol. The van der Waals surface area contributed by atoms with Crippen molar-refractivity contribution in [1.82, 2.24) is 0 Å². The summed E-state index contributed by atoms with van der Waals surface area (Å²) in [5.74, 6) is 0. The molecule has 9 aromatic carbocycles. The Balaban J connectivity index is 1.03. The van der Waals surface area contributed by atoms with Crippen LogP contribution >= 0.6 is 11.3 Å². The zero-order valence-corrected chi connectivity index (χ0v) is 34.6. The highest BCUT2D eigenvalue weighted by atomic mass is 32.1. The summed E-state index contributed by atoms with van der Waals surface area (Å²) in [4.78, 5) is 6.00. The van der Waals surface area contributed by atoms with Crippen LogP contribution in [0.15, 0.2) is 224 Å². The summed E-state index contributed by atoms with van der Waals surface area (Å²) >= 11 is 1.70. The van der Waals surface area contributed by atoms with E-state index in [9.17, 15) is 5.48 Å². The van der Waals surface area contributed by atoms with E-state index in [1.807, 2.05) is 102 Å². The Morgan fingerprint density at radius 3 is 1.18 bits per heavy atom. The highest BCUT2D eigenvalue weighted by molar-refractivity contribution is 7.25. The fourth-order valence-corrected chi connectivity index (χ4v) is 10.1. The van der Waals surface area contributed by atoms with E-state index in [1.165, 1.54) is 22.3 Å². The third-order valence-electron chi connectivity index (χ3n) is 11.9. The number of rotatable bonds is 9. The molecule has 292 valence electrons. The zero-order chi connectivity index (χ0) is 44.4. The maximum Gasteiger partial charge on any atom is 0.0646 e. The molecule has 0 radical (unpaired) electrons. The minimum Gasteiger partial charge on any atom is -0.311 e. The number of nitrogens with zero attached hydrogens (tertiary/aromatic N) is 3. The van der Waals surface area contributed by atoms with Crippen LogP contribution < -0.4 is 14.7 Å². The van der Waals surface area contributed by atoms with Crippen molar-refractivity contribution >= 4 is 82.7 Å². The van der Waals surface area contributed by atoms with Crippen molar-refractivity contribution in [3.63, 3.8) is 0 Å². The summed E-state index contributed by atoms with van der Waals surface area (Å²) < 4.78 is 40.5. The Morgan fingerprint density at radius 2 is 0.705 bits per heavy atom. The Morgan fingerprint density at radius 1 is 0.344 bits per heavy atom. The number of anilines is 9. The van der Waals surface area contributed by atoms with Gasteiger partial charge >= 0.3 is 0 Å². The third-order valence-corrected chi connectivity index (χ3v) is 13.0. The van der Waals surface area contributed by atoms with E-state index in [4.69, 9.17) is 0 Å². The number of hydrogen-bond acceptors (Lipinski definition) is 4. The van der Waals surface area contributed by atoms with Gasteiger partial charge in [0, 0.05) is 76.8 Å². The first kappa shape index (κ1) is 32.5. The molecule has 1 aliphatic carbocycles. The van der Waals surface area contributed by atoms with Gasteiger partial charge in [-0.25, -0.2) is 0 Å². The first-order chi connectivity index (χ1) is 31.7. The van der Waals surface area contributed by atoms with Crippen LogP contribution in [0.2, 0.25) is 0 Å². The Labute approximate surface area is 367 Å². The van der Waals surface area contributed by atoms with Gasteiger partial charge < -0.3 is 14.7 Å². The Kier molecular flexibility index (Phi) is 7.98. The molecule has 10 aromatic rings. The lowest BCUT2D eigenvalue weighted by molar-refractivity contribution is 0.660. The van der Waals surface area contributed by atoms with E-state index in [2.05, 4.69) is 122 Å². The second-order valence-electron chi connectivity index (χ2n) is 15.9. The van der Waals surface area contributed by atoms with Crippen LogP contribution in [-0.2, 0) is 5.41 Å². The molecule has 0 amide bonds. The molecule has 1 heterocycles. The highest BCUT2D eigenvalue weighted by Gasteiger charge is 2.35. The molecule has 4 heteroatoms. The van der Waals surface area contributed by atoms with Gasteiger partial charge in [0.2, 0.25) is 0 Å². The lowest BCUT2D eigenvalue weighted by Gasteiger charge is -2.28. The van der Waals surface area contributed by atoms with Gasteiger partial charge in [-0.05, 0) is 131 Å². The molecule has 0 bridgehead atoms. The van der Waals surface area contributed by atoms with E-state index >= 15 is 0 Å². The SMILES string of the molecule is [2H]c1c([2H])c(N(c2ccccc2)c2ccc3c(c2)sc2cc(N(c4ccccc4)c4ccc5c(c4)-c4ccccc4C5(C)C)ccc23)c([2H])c([2H])c1N(c1ccccc1)c1ccccc1. The van der Waals surface area contributed by atoms with Crippen LogP contribution in [0.5, 0.6) is 0 Å². The Bertz CT molecular complexity index is 3340. The normalized spacial score (nSPS) is 13.5. The van der Waals surface area contributed by atoms with Crippen LogP contribution in [0.25, 0.3) is 31.3 Å². The van der Waals surface area contributed by atoms with Crippen molar-refractivity contribution in [1.29, 1.82) is 0 Å². The van der Waals surface area contributed by atoms with Gasteiger partial charge in [0.15, 0.2) is 0 Å². The molecule has 0 saturated heterocycles. The van der Waals surface area contributed by atoms with Gasteiger partial charge in [-0.15, -0.1) is 11.3 Å². The lowest BCUT2D eigenvalue weighted by Crippen LogP contribution is -2.15. The molecule has 3 nitrogen and oxygen atoms in total. The predicted octanol–water partition coefficient (Wildman–Crippen LogP) is 16.8. The minimum atomic E-state index is -0.137. The van der Waals surface area contributed by atoms with Crippen molar-refractivity contribution in [3.05, 3.63) is 235 Å². The molecule has 0 spiro atoms. The average molecular weight is 806 g/mol. The van der Waals surface area contributed by atoms with Crippen LogP contribution in [0.3, 0.4) is 0 Å². The second kappa shape index (κ2) is 15.0. The molecule has 0 atom stereocenters. The maximum atomic E-state index is 9.61. The number of para-hydroxylation sites is 4. The number of fused-ring (bicyclic) bond motifs is 6. The maximum absolute atomic E-state index is 9.61. The second-order valence-corrected chi connectivity index (χ2v) is 17.0. The van der Waals surface area contributed by atoms with Crippen LogP contribution in [-0.4, -0.2) is 0 Å². The molecule has 0 N–H and O–H groups in total. The zero-order valence-electron chi connectivity index (χ0n) is 37.8. The molecule has 11 rings (SSSR count). The highest BCUT2D eigenvalue weighted by Crippen LogP contribution is 2.51. The molecule has 1 aliphatic rings. The van der Waals surface area contributed by atoms with E-state index in [0.717, 1.165) is 60.0 Å². The van der Waals surface area contributed by atoms with E-state index in [0.29, 0.717) is 0 Å². The van der Waals surface area contributed by atoms with Gasteiger partial charge in [-0.2, -0.15) is 0 Å². The quantitative estimate of drug-likeness (QED) is 0.144. The summed E-state index contributed by atoms with van der Waals surface area (Å²) in [6.07, 6.45) is 0. The topological polar surface area (TPSA) is 9.72 Å². The minimum absolute atomic E-state index is 0.0835. The molecular weight excluding hydrogens is 759 g/mol. The first-order valence-electron chi connectivity index (χ1n) is 22.6. The molecular formula is C57H43N3S. The average Bonchev–Trinajstić information content (AvgIpc) is 3.82. The summed E-state index contributed by atoms with van der Waals surface area (Å²) in [6.45, 7) is 4.62. The van der Waals surface area contributed by atoms with Gasteiger partial charge in [0.05, 0.1) is 5.48 Å². The van der Waals surface area contributed by atoms with Gasteiger partial charge in [0.25, 0.3) is 0 Å². The summed E-state index contributed by atoms with van der Waals surface area (Å²) in [5, 5.41) is 2.24. The van der Waals surface area contributed by atoms with Crippen molar-refractivity contribution in [2.24, 2.45) is 0 Å². The summed E-state index contributed by atoms with van der Waals surface area (Å²) in [6, 6.07) is 67.4. The molecule has 0 aliphatic heterocycles. The van der Waals surface area contributed by atoms with E-state index in [-0.39, 0.29) is 41.0 Å². The molecule has 61 heavy (non-hydrogen) atoms. The van der Waals surface area contributed by atoms with Gasteiger partial charge in [-0.3, -0.25) is 0 Å². The molecule has 0 fully saturated rings. The smallest absolute Gasteiger partial charge is 0.0646 e. The number of hydrogen-bond donors (Lipinski definition) is 0. The van der Waals surface area contributed by atoms with E-state index < -0.39 is 0 Å². The fourth-order valence-electron chi connectivity index (χ4n) is 8.97. The van der Waals surface area contributed by atoms with Crippen molar-refractivity contribution in [2.45, 2.75) is 19.3 Å². The first-order valence-corrected chi connectivity index (χ1v) is 21.4. The van der Waals surface area contributed by atoms with E-state index in [1.54, 1.807) is 16.2 Å². The van der Waals surface area contributed by atoms with Crippen LogP contribution in [0.4, 0.5) is 51.2 Å². The number of thiophene rings is 1. The van der Waals surface area contributed by atoms with Gasteiger partial charge in [0.1, 0.15) is 0 Å². The van der Waals surface area contributed by atoms with Crippen LogP contribution in [0.1, 0.15) is 30.5 Å². The summed E-state index contributed by atoms with van der Waals surface area (Å²) in [5.41, 5.74) is 11.7. The fraction of sp³-hybridized carbons (Fsp3) is 0.0526. The van der Waals surface area contributed by atoms with Gasteiger partial charge in [-0.1, -0.05) is 129 Å². The molecule has 0 saturated carbocycles. The third kappa shape index (κ3) is 6.44. The lowest BCUT2D eigenvalue weighted by atomic mass is 9.82. The Hall–Kier alpha value is -7.40. The van der Waals surface area contributed by atoms with Crippen LogP contribution in [0, 0.1) is 0 Å². The number of benzene rings is 9. The summed E-state index contributed by atoms with van der Waals surface area (Å²) in [7, 11) is 0. The standard InChI is InChI=1S/C57H43N3S/c1-57(2)53-26-16-15-25-49(53)52-37-46(33-36-54(52)57)60(43-23-13-6-14-24-43)48-32-35-51-50-34-31-47(38-55(50)61-56(51)39-48)59(42-21-11-5-12-22-42)45-29-27-44(28-30-45)58(40-17-7-3-8-18-40)41-19-9-4-10-20-41/h3-39H,1-2H3/i27D,28D,29D,30D. The molecule has 0 unspecified atom stereocenters.